The fourth-order valence-electron chi connectivity index (χ4n) is 2.16. The van der Waals surface area contributed by atoms with E-state index >= 15 is 0 Å². The molecule has 1 aliphatic heterocycles. The van der Waals surface area contributed by atoms with Crippen molar-refractivity contribution < 1.29 is 4.74 Å². The average molecular weight is 384 g/mol. The van der Waals surface area contributed by atoms with Gasteiger partial charge in [-0.15, -0.1) is 24.0 Å². The van der Waals surface area contributed by atoms with Gasteiger partial charge in [-0.05, 0) is 32.4 Å². The van der Waals surface area contributed by atoms with Crippen molar-refractivity contribution in [1.82, 2.24) is 15.5 Å². The van der Waals surface area contributed by atoms with Gasteiger partial charge in [0.05, 0.1) is 0 Å². The summed E-state index contributed by atoms with van der Waals surface area (Å²) in [6.45, 7) is 6.26. The summed E-state index contributed by atoms with van der Waals surface area (Å²) in [6, 6.07) is 0. The standard InChI is InChI=1S/C13H28N4O.HI/c1-14-13(15-7-6-12-18-2)16-8-11-17-9-4-3-5-10-17;/h3-12H2,1-2H3,(H2,14,15,16);1H. The Labute approximate surface area is 134 Å². The summed E-state index contributed by atoms with van der Waals surface area (Å²) in [5.74, 6) is 0.892. The van der Waals surface area contributed by atoms with Crippen molar-refractivity contribution in [2.24, 2.45) is 4.99 Å². The quantitative estimate of drug-likeness (QED) is 0.301. The van der Waals surface area contributed by atoms with Crippen LogP contribution in [0.3, 0.4) is 0 Å². The zero-order chi connectivity index (χ0) is 13.1. The van der Waals surface area contributed by atoms with Crippen LogP contribution in [0, 0.1) is 0 Å². The highest BCUT2D eigenvalue weighted by molar-refractivity contribution is 14.0. The minimum atomic E-state index is 0. The van der Waals surface area contributed by atoms with Crippen LogP contribution in [0.15, 0.2) is 4.99 Å². The molecule has 0 unspecified atom stereocenters. The topological polar surface area (TPSA) is 48.9 Å². The normalized spacial score (nSPS) is 16.8. The summed E-state index contributed by atoms with van der Waals surface area (Å²) in [5, 5.41) is 6.63. The third kappa shape index (κ3) is 9.45. The fourth-order valence-corrected chi connectivity index (χ4v) is 2.16. The van der Waals surface area contributed by atoms with Crippen LogP contribution in [0.2, 0.25) is 0 Å². The molecule has 1 saturated heterocycles. The van der Waals surface area contributed by atoms with Crippen molar-refractivity contribution in [1.29, 1.82) is 0 Å². The molecular formula is C13H29IN4O. The van der Waals surface area contributed by atoms with Crippen LogP contribution in [0.5, 0.6) is 0 Å². The maximum Gasteiger partial charge on any atom is 0.191 e. The summed E-state index contributed by atoms with van der Waals surface area (Å²) in [4.78, 5) is 6.73. The van der Waals surface area contributed by atoms with Crippen LogP contribution >= 0.6 is 24.0 Å². The first-order valence-electron chi connectivity index (χ1n) is 7.02. The largest absolute Gasteiger partial charge is 0.385 e. The van der Waals surface area contributed by atoms with Gasteiger partial charge in [-0.25, -0.2) is 0 Å². The van der Waals surface area contributed by atoms with Gasteiger partial charge in [-0.3, -0.25) is 4.99 Å². The number of guanidine groups is 1. The molecule has 0 bridgehead atoms. The first kappa shape index (κ1) is 18.9. The number of rotatable bonds is 7. The predicted octanol–water partition coefficient (Wildman–Crippen LogP) is 1.29. The van der Waals surface area contributed by atoms with Crippen LogP contribution in [0.25, 0.3) is 0 Å². The van der Waals surface area contributed by atoms with E-state index in [0.717, 1.165) is 38.6 Å². The second-order valence-electron chi connectivity index (χ2n) is 4.67. The maximum absolute atomic E-state index is 5.01. The molecule has 0 aliphatic carbocycles. The van der Waals surface area contributed by atoms with Crippen molar-refractivity contribution >= 4 is 29.9 Å². The van der Waals surface area contributed by atoms with E-state index < -0.39 is 0 Å². The van der Waals surface area contributed by atoms with Crippen molar-refractivity contribution in [3.8, 4) is 0 Å². The third-order valence-corrected chi connectivity index (χ3v) is 3.21. The second-order valence-corrected chi connectivity index (χ2v) is 4.67. The lowest BCUT2D eigenvalue weighted by atomic mass is 10.1. The number of aliphatic imine (C=N–C) groups is 1. The molecule has 19 heavy (non-hydrogen) atoms. The van der Waals surface area contributed by atoms with E-state index in [1.807, 2.05) is 7.05 Å². The lowest BCUT2D eigenvalue weighted by molar-refractivity contribution is 0.195. The molecule has 5 nitrogen and oxygen atoms in total. The lowest BCUT2D eigenvalue weighted by Crippen LogP contribution is -2.43. The van der Waals surface area contributed by atoms with Gasteiger partial charge in [0, 0.05) is 40.4 Å². The number of nitrogens with one attached hydrogen (secondary N) is 2. The molecule has 0 aromatic rings. The van der Waals surface area contributed by atoms with Gasteiger partial charge in [0.2, 0.25) is 0 Å². The third-order valence-electron chi connectivity index (χ3n) is 3.21. The van der Waals surface area contributed by atoms with E-state index in [9.17, 15) is 0 Å². The molecule has 6 heteroatoms. The van der Waals surface area contributed by atoms with E-state index in [1.165, 1.54) is 32.4 Å². The molecular weight excluding hydrogens is 355 g/mol. The van der Waals surface area contributed by atoms with Gasteiger partial charge in [-0.2, -0.15) is 0 Å². The number of nitrogens with zero attached hydrogens (tertiary/aromatic N) is 2. The molecule has 1 fully saturated rings. The Hall–Kier alpha value is -0.0800. The van der Waals surface area contributed by atoms with E-state index in [-0.39, 0.29) is 24.0 Å². The molecule has 0 saturated carbocycles. The van der Waals surface area contributed by atoms with Gasteiger partial charge >= 0.3 is 0 Å². The van der Waals surface area contributed by atoms with Crippen LogP contribution in [0.4, 0.5) is 0 Å². The van der Waals surface area contributed by atoms with Crippen molar-refractivity contribution in [2.45, 2.75) is 25.7 Å². The number of piperidine rings is 1. The zero-order valence-electron chi connectivity index (χ0n) is 12.3. The second kappa shape index (κ2) is 12.9. The molecule has 0 spiro atoms. The number of likely N-dealkylation sites (tertiary alicyclic amines) is 1. The smallest absolute Gasteiger partial charge is 0.191 e. The Morgan fingerprint density at radius 2 is 1.84 bits per heavy atom. The average Bonchev–Trinajstić information content (AvgIpc) is 2.42. The molecule has 0 amide bonds. The Morgan fingerprint density at radius 1 is 1.16 bits per heavy atom. The fraction of sp³-hybridized carbons (Fsp3) is 0.923. The summed E-state index contributed by atoms with van der Waals surface area (Å²) in [7, 11) is 3.54. The van der Waals surface area contributed by atoms with Crippen molar-refractivity contribution in [3.05, 3.63) is 0 Å². The predicted molar refractivity (Wildman–Crippen MR) is 91.6 cm³/mol. The summed E-state index contributed by atoms with van der Waals surface area (Å²) in [5.41, 5.74) is 0. The maximum atomic E-state index is 5.01. The minimum absolute atomic E-state index is 0. The zero-order valence-corrected chi connectivity index (χ0v) is 14.6. The van der Waals surface area contributed by atoms with E-state index in [2.05, 4.69) is 20.5 Å². The van der Waals surface area contributed by atoms with E-state index in [4.69, 9.17) is 4.74 Å². The number of halogens is 1. The molecule has 1 heterocycles. The number of ether oxygens (including phenoxy) is 1. The highest BCUT2D eigenvalue weighted by Gasteiger charge is 2.09. The molecule has 0 aromatic heterocycles. The van der Waals surface area contributed by atoms with Crippen LogP contribution in [-0.2, 0) is 4.74 Å². The first-order chi connectivity index (χ1) is 8.86. The Balaban J connectivity index is 0.00000324. The van der Waals surface area contributed by atoms with Gasteiger partial charge in [0.25, 0.3) is 0 Å². The Kier molecular flexibility index (Phi) is 12.9. The minimum Gasteiger partial charge on any atom is -0.385 e. The number of hydrogen-bond acceptors (Lipinski definition) is 3. The van der Waals surface area contributed by atoms with Gasteiger partial charge in [0.1, 0.15) is 0 Å². The van der Waals surface area contributed by atoms with Crippen LogP contribution < -0.4 is 10.6 Å². The molecule has 2 N–H and O–H groups in total. The summed E-state index contributed by atoms with van der Waals surface area (Å²) < 4.78 is 5.01. The van der Waals surface area contributed by atoms with Crippen molar-refractivity contribution in [3.63, 3.8) is 0 Å². The van der Waals surface area contributed by atoms with Crippen molar-refractivity contribution in [2.75, 3.05) is 53.5 Å². The van der Waals surface area contributed by atoms with E-state index in [0.29, 0.717) is 0 Å². The highest BCUT2D eigenvalue weighted by atomic mass is 127. The van der Waals surface area contributed by atoms with Crippen LogP contribution in [-0.4, -0.2) is 64.3 Å². The van der Waals surface area contributed by atoms with Crippen LogP contribution in [0.1, 0.15) is 25.7 Å². The first-order valence-corrected chi connectivity index (χ1v) is 7.02. The van der Waals surface area contributed by atoms with Gasteiger partial charge < -0.3 is 20.3 Å². The van der Waals surface area contributed by atoms with E-state index in [1.54, 1.807) is 7.11 Å². The summed E-state index contributed by atoms with van der Waals surface area (Å²) >= 11 is 0. The molecule has 0 radical (unpaired) electrons. The van der Waals surface area contributed by atoms with Gasteiger partial charge in [-0.1, -0.05) is 6.42 Å². The molecule has 0 atom stereocenters. The molecule has 114 valence electrons. The number of hydrogen-bond donors (Lipinski definition) is 2. The lowest BCUT2D eigenvalue weighted by Gasteiger charge is -2.26. The number of methoxy groups -OCH3 is 1. The molecule has 1 rings (SSSR count). The molecule has 1 aliphatic rings. The monoisotopic (exact) mass is 384 g/mol. The molecule has 0 aromatic carbocycles. The summed E-state index contributed by atoms with van der Waals surface area (Å²) in [6.07, 6.45) is 5.10. The Bertz CT molecular complexity index is 233. The van der Waals surface area contributed by atoms with Gasteiger partial charge in [0.15, 0.2) is 5.96 Å². The SMILES string of the molecule is CN=C(NCCCOC)NCCN1CCCCC1.I. The Morgan fingerprint density at radius 3 is 2.47 bits per heavy atom. The highest BCUT2D eigenvalue weighted by Crippen LogP contribution is 2.07.